The van der Waals surface area contributed by atoms with E-state index in [2.05, 4.69) is 48.9 Å². The first kappa shape index (κ1) is 14.1. The maximum atomic E-state index is 5.67. The second-order valence-electron chi connectivity index (χ2n) is 5.68. The molecular weight excluding hydrogens is 266 g/mol. The molecule has 0 saturated heterocycles. The first-order valence-corrected chi connectivity index (χ1v) is 8.44. The minimum absolute atomic E-state index is 0.463. The van der Waals surface area contributed by atoms with Gasteiger partial charge in [-0.15, -0.1) is 11.3 Å². The van der Waals surface area contributed by atoms with E-state index in [-0.39, 0.29) is 0 Å². The fourth-order valence-corrected chi connectivity index (χ4v) is 4.23. The van der Waals surface area contributed by atoms with Crippen molar-refractivity contribution in [3.63, 3.8) is 0 Å². The maximum Gasteiger partial charge on any atom is 0.0580 e. The van der Waals surface area contributed by atoms with Crippen LogP contribution in [0.1, 0.15) is 37.8 Å². The molecular formula is C17H23NOS. The van der Waals surface area contributed by atoms with E-state index in [1.165, 1.54) is 34.9 Å². The molecule has 1 fully saturated rings. The predicted octanol–water partition coefficient (Wildman–Crippen LogP) is 4.37. The maximum absolute atomic E-state index is 5.67. The second-order valence-corrected chi connectivity index (χ2v) is 6.59. The van der Waals surface area contributed by atoms with Crippen LogP contribution in [0.5, 0.6) is 0 Å². The lowest BCUT2D eigenvalue weighted by Crippen LogP contribution is -2.34. The average molecular weight is 289 g/mol. The third kappa shape index (κ3) is 2.76. The van der Waals surface area contributed by atoms with Crippen LogP contribution in [-0.2, 0) is 4.74 Å². The van der Waals surface area contributed by atoms with Gasteiger partial charge in [-0.05, 0) is 61.5 Å². The Morgan fingerprint density at radius 3 is 2.95 bits per heavy atom. The van der Waals surface area contributed by atoms with E-state index in [1.54, 1.807) is 0 Å². The zero-order valence-electron chi connectivity index (χ0n) is 12.3. The normalized spacial score (nSPS) is 23.7. The molecule has 1 saturated carbocycles. The van der Waals surface area contributed by atoms with Crippen LogP contribution in [0.3, 0.4) is 0 Å². The third-order valence-electron chi connectivity index (χ3n) is 4.40. The largest absolute Gasteiger partial charge is 0.378 e. The number of hydrogen-bond donors (Lipinski definition) is 1. The third-order valence-corrected chi connectivity index (χ3v) is 5.38. The Kier molecular flexibility index (Phi) is 4.39. The van der Waals surface area contributed by atoms with Gasteiger partial charge in [0.1, 0.15) is 0 Å². The van der Waals surface area contributed by atoms with Crippen LogP contribution in [0, 0.1) is 5.92 Å². The molecule has 0 aliphatic heterocycles. The molecule has 1 aromatic carbocycles. The summed E-state index contributed by atoms with van der Waals surface area (Å²) in [5, 5.41) is 7.07. The Bertz CT molecular complexity index is 559. The molecule has 0 radical (unpaired) electrons. The Morgan fingerprint density at radius 2 is 2.20 bits per heavy atom. The molecule has 20 heavy (non-hydrogen) atoms. The topological polar surface area (TPSA) is 21.3 Å². The van der Waals surface area contributed by atoms with Crippen molar-refractivity contribution in [2.24, 2.45) is 5.92 Å². The van der Waals surface area contributed by atoms with Crippen molar-refractivity contribution in [2.75, 3.05) is 13.7 Å². The lowest BCUT2D eigenvalue weighted by molar-refractivity contribution is -0.0289. The van der Waals surface area contributed by atoms with Crippen molar-refractivity contribution in [1.29, 1.82) is 0 Å². The highest BCUT2D eigenvalue weighted by atomic mass is 32.1. The lowest BCUT2D eigenvalue weighted by Gasteiger charge is -2.37. The predicted molar refractivity (Wildman–Crippen MR) is 86.4 cm³/mol. The summed E-state index contributed by atoms with van der Waals surface area (Å²) in [6, 6.07) is 9.34. The van der Waals surface area contributed by atoms with Gasteiger partial charge in [0.25, 0.3) is 0 Å². The summed E-state index contributed by atoms with van der Waals surface area (Å²) in [7, 11) is 2.08. The van der Waals surface area contributed by atoms with Gasteiger partial charge >= 0.3 is 0 Å². The van der Waals surface area contributed by atoms with Gasteiger partial charge in [0.15, 0.2) is 0 Å². The molecule has 0 spiro atoms. The summed E-state index contributed by atoms with van der Waals surface area (Å²) in [4.78, 5) is 0. The molecule has 1 aliphatic carbocycles. The van der Waals surface area contributed by atoms with Crippen LogP contribution in [0.25, 0.3) is 10.1 Å². The number of thiophene rings is 1. The number of fused-ring (bicyclic) bond motifs is 1. The lowest BCUT2D eigenvalue weighted by atomic mass is 9.77. The first-order chi connectivity index (χ1) is 9.81. The molecule has 1 N–H and O–H groups in total. The summed E-state index contributed by atoms with van der Waals surface area (Å²) in [5.74, 6) is 0.805. The summed E-state index contributed by atoms with van der Waals surface area (Å²) in [6.07, 6.45) is 4.19. The van der Waals surface area contributed by atoms with Crippen LogP contribution in [0.2, 0.25) is 0 Å². The fourth-order valence-electron chi connectivity index (χ4n) is 3.26. The summed E-state index contributed by atoms with van der Waals surface area (Å²) in [5.41, 5.74) is 1.46. The van der Waals surface area contributed by atoms with Crippen molar-refractivity contribution >= 4 is 21.4 Å². The number of rotatable bonds is 6. The SMILES string of the molecule is CCOC1CC(CC(NC)c2cccc3ccsc23)C1. The number of hydrogen-bond acceptors (Lipinski definition) is 3. The number of benzene rings is 1. The summed E-state index contributed by atoms with van der Waals surface area (Å²) in [6.45, 7) is 2.93. The van der Waals surface area contributed by atoms with E-state index in [0.717, 1.165) is 12.5 Å². The quantitative estimate of drug-likeness (QED) is 0.852. The molecule has 2 nitrogen and oxygen atoms in total. The minimum Gasteiger partial charge on any atom is -0.378 e. The minimum atomic E-state index is 0.463. The Labute approximate surface area is 125 Å². The molecule has 3 heteroatoms. The fraction of sp³-hybridized carbons (Fsp3) is 0.529. The van der Waals surface area contributed by atoms with Gasteiger partial charge in [0, 0.05) is 17.3 Å². The molecule has 108 valence electrons. The molecule has 1 atom stereocenters. The molecule has 1 aliphatic rings. The smallest absolute Gasteiger partial charge is 0.0580 e. The van der Waals surface area contributed by atoms with Crippen molar-refractivity contribution in [3.8, 4) is 0 Å². The Hall–Kier alpha value is -0.900. The first-order valence-electron chi connectivity index (χ1n) is 7.56. The van der Waals surface area contributed by atoms with Crippen molar-refractivity contribution < 1.29 is 4.74 Å². The summed E-state index contributed by atoms with van der Waals surface area (Å²) >= 11 is 1.85. The van der Waals surface area contributed by atoms with Gasteiger partial charge in [0.2, 0.25) is 0 Å². The molecule has 1 aromatic heterocycles. The molecule has 0 amide bonds. The van der Waals surface area contributed by atoms with Crippen molar-refractivity contribution in [2.45, 2.75) is 38.3 Å². The Morgan fingerprint density at radius 1 is 1.35 bits per heavy atom. The Balaban J connectivity index is 1.69. The van der Waals surface area contributed by atoms with Crippen LogP contribution in [0.4, 0.5) is 0 Å². The van der Waals surface area contributed by atoms with E-state index in [1.807, 2.05) is 11.3 Å². The van der Waals surface area contributed by atoms with Crippen LogP contribution in [0.15, 0.2) is 29.6 Å². The van der Waals surface area contributed by atoms with Gasteiger partial charge < -0.3 is 10.1 Å². The van der Waals surface area contributed by atoms with E-state index in [9.17, 15) is 0 Å². The molecule has 2 aromatic rings. The van der Waals surface area contributed by atoms with E-state index in [0.29, 0.717) is 12.1 Å². The number of nitrogens with one attached hydrogen (secondary N) is 1. The zero-order chi connectivity index (χ0) is 13.9. The zero-order valence-corrected chi connectivity index (χ0v) is 13.1. The van der Waals surface area contributed by atoms with Gasteiger partial charge in [0.05, 0.1) is 6.10 Å². The molecule has 1 heterocycles. The molecule has 1 unspecified atom stereocenters. The van der Waals surface area contributed by atoms with Gasteiger partial charge in [-0.1, -0.05) is 18.2 Å². The highest BCUT2D eigenvalue weighted by Gasteiger charge is 2.31. The van der Waals surface area contributed by atoms with E-state index in [4.69, 9.17) is 4.74 Å². The highest BCUT2D eigenvalue weighted by Crippen LogP contribution is 2.39. The second kappa shape index (κ2) is 6.25. The highest BCUT2D eigenvalue weighted by molar-refractivity contribution is 7.17. The average Bonchev–Trinajstić information content (AvgIpc) is 2.89. The van der Waals surface area contributed by atoms with E-state index < -0.39 is 0 Å². The molecule has 3 rings (SSSR count). The van der Waals surface area contributed by atoms with Crippen molar-refractivity contribution in [3.05, 3.63) is 35.2 Å². The van der Waals surface area contributed by atoms with E-state index >= 15 is 0 Å². The standard InChI is InChI=1S/C17H23NOS/c1-3-19-14-9-12(10-14)11-16(18-2)15-6-4-5-13-7-8-20-17(13)15/h4-8,12,14,16,18H,3,9-11H2,1-2H3. The van der Waals surface area contributed by atoms with Crippen LogP contribution >= 0.6 is 11.3 Å². The summed E-state index contributed by atoms with van der Waals surface area (Å²) < 4.78 is 7.11. The van der Waals surface area contributed by atoms with Crippen LogP contribution in [-0.4, -0.2) is 19.8 Å². The van der Waals surface area contributed by atoms with Gasteiger partial charge in [-0.25, -0.2) is 0 Å². The number of ether oxygens (including phenoxy) is 1. The monoisotopic (exact) mass is 289 g/mol. The van der Waals surface area contributed by atoms with Crippen LogP contribution < -0.4 is 5.32 Å². The van der Waals surface area contributed by atoms with Crippen molar-refractivity contribution in [1.82, 2.24) is 5.32 Å². The van der Waals surface area contributed by atoms with Gasteiger partial charge in [-0.2, -0.15) is 0 Å². The van der Waals surface area contributed by atoms with Gasteiger partial charge in [-0.3, -0.25) is 0 Å². The molecule has 0 bridgehead atoms.